The Bertz CT molecular complexity index is 525. The van der Waals surface area contributed by atoms with Crippen LogP contribution in [0.25, 0.3) is 0 Å². The van der Waals surface area contributed by atoms with E-state index in [-0.39, 0.29) is 11.3 Å². The molecule has 1 aromatic heterocycles. The number of hydrogen-bond acceptors (Lipinski definition) is 4. The minimum absolute atomic E-state index is 0.140. The van der Waals surface area contributed by atoms with Crippen molar-refractivity contribution in [1.29, 1.82) is 0 Å². The summed E-state index contributed by atoms with van der Waals surface area (Å²) >= 11 is 0. The average molecular weight is 300 g/mol. The van der Waals surface area contributed by atoms with Crippen molar-refractivity contribution in [3.8, 4) is 0 Å². The number of sulfonamides is 1. The molecule has 1 aromatic rings. The number of aromatic nitrogens is 1. The van der Waals surface area contributed by atoms with Gasteiger partial charge in [0.05, 0.1) is 10.9 Å². The van der Waals surface area contributed by atoms with E-state index in [1.165, 1.54) is 0 Å². The Balaban J connectivity index is 1.98. The van der Waals surface area contributed by atoms with Crippen LogP contribution in [-0.4, -0.2) is 24.9 Å². The monoisotopic (exact) mass is 300 g/mol. The normalized spacial score (nSPS) is 19.1. The summed E-state index contributed by atoms with van der Waals surface area (Å²) in [7, 11) is -3.21. The fourth-order valence-electron chi connectivity index (χ4n) is 2.89. The van der Waals surface area contributed by atoms with Crippen LogP contribution in [0.4, 0.5) is 0 Å². The first-order valence-corrected chi connectivity index (χ1v) is 8.87. The van der Waals surface area contributed by atoms with E-state index in [4.69, 9.17) is 4.52 Å². The molecule has 1 N–H and O–H groups in total. The van der Waals surface area contributed by atoms with Crippen LogP contribution in [0.2, 0.25) is 0 Å². The number of nitrogens with one attached hydrogen (secondary N) is 1. The highest BCUT2D eigenvalue weighted by Crippen LogP contribution is 2.23. The summed E-state index contributed by atoms with van der Waals surface area (Å²) in [5.41, 5.74) is 1.84. The molecule has 0 saturated heterocycles. The smallest absolute Gasteiger partial charge is 0.214 e. The van der Waals surface area contributed by atoms with E-state index in [1.54, 1.807) is 0 Å². The number of nitrogens with zero attached hydrogens (tertiary/aromatic N) is 1. The highest BCUT2D eigenvalue weighted by atomic mass is 32.2. The second kappa shape index (κ2) is 6.26. The molecule has 1 fully saturated rings. The van der Waals surface area contributed by atoms with Gasteiger partial charge in [-0.25, -0.2) is 13.1 Å². The molecule has 0 bridgehead atoms. The first-order chi connectivity index (χ1) is 9.40. The van der Waals surface area contributed by atoms with Crippen molar-refractivity contribution in [3.05, 3.63) is 17.0 Å². The minimum Gasteiger partial charge on any atom is -0.361 e. The molecule has 1 unspecified atom stereocenters. The standard InChI is InChI=1S/C14H24N2O3S/c1-10(9-14-11(2)15-19-12(14)3)16-20(17,18)13-7-5-4-6-8-13/h10,13,16H,4-9H2,1-3H3. The van der Waals surface area contributed by atoms with Crippen molar-refractivity contribution in [2.75, 3.05) is 0 Å². The van der Waals surface area contributed by atoms with E-state index in [9.17, 15) is 8.42 Å². The Kier molecular flexibility index (Phi) is 4.86. The molecule has 0 aromatic carbocycles. The Morgan fingerprint density at radius 1 is 1.30 bits per heavy atom. The van der Waals surface area contributed by atoms with Crippen LogP contribution in [0.1, 0.15) is 56.0 Å². The molecule has 5 nitrogen and oxygen atoms in total. The predicted molar refractivity (Wildman–Crippen MR) is 78.1 cm³/mol. The fourth-order valence-corrected chi connectivity index (χ4v) is 4.68. The van der Waals surface area contributed by atoms with Gasteiger partial charge in [-0.2, -0.15) is 0 Å². The van der Waals surface area contributed by atoms with E-state index in [2.05, 4.69) is 9.88 Å². The summed E-state index contributed by atoms with van der Waals surface area (Å²) in [6, 6.07) is -0.140. The number of rotatable bonds is 5. The van der Waals surface area contributed by atoms with Crippen molar-refractivity contribution in [2.45, 2.75) is 70.6 Å². The van der Waals surface area contributed by atoms with Gasteiger partial charge in [-0.1, -0.05) is 24.4 Å². The Hall–Kier alpha value is -0.880. The number of aryl methyl sites for hydroxylation is 2. The third kappa shape index (κ3) is 3.61. The summed E-state index contributed by atoms with van der Waals surface area (Å²) in [5, 5.41) is 3.68. The molecule has 0 aliphatic heterocycles. The molecule has 1 heterocycles. The van der Waals surface area contributed by atoms with Gasteiger partial charge in [0, 0.05) is 11.6 Å². The van der Waals surface area contributed by atoms with Crippen LogP contribution in [0.5, 0.6) is 0 Å². The maximum Gasteiger partial charge on any atom is 0.214 e. The molecular formula is C14H24N2O3S. The minimum atomic E-state index is -3.21. The van der Waals surface area contributed by atoms with Crippen molar-refractivity contribution in [3.63, 3.8) is 0 Å². The highest BCUT2D eigenvalue weighted by molar-refractivity contribution is 7.90. The topological polar surface area (TPSA) is 72.2 Å². The van der Waals surface area contributed by atoms with Crippen LogP contribution >= 0.6 is 0 Å². The van der Waals surface area contributed by atoms with E-state index >= 15 is 0 Å². The summed E-state index contributed by atoms with van der Waals surface area (Å²) in [6.07, 6.45) is 5.38. The van der Waals surface area contributed by atoms with Crippen molar-refractivity contribution in [1.82, 2.24) is 9.88 Å². The van der Waals surface area contributed by atoms with Gasteiger partial charge in [-0.3, -0.25) is 0 Å². The Morgan fingerprint density at radius 3 is 2.50 bits per heavy atom. The van der Waals surface area contributed by atoms with E-state index in [0.29, 0.717) is 6.42 Å². The van der Waals surface area contributed by atoms with Gasteiger partial charge >= 0.3 is 0 Å². The quantitative estimate of drug-likeness (QED) is 0.906. The van der Waals surface area contributed by atoms with Crippen LogP contribution in [0, 0.1) is 13.8 Å². The second-order valence-corrected chi connectivity index (χ2v) is 7.82. The van der Waals surface area contributed by atoms with E-state index < -0.39 is 10.0 Å². The van der Waals surface area contributed by atoms with Gasteiger partial charge in [0.25, 0.3) is 0 Å². The zero-order valence-electron chi connectivity index (χ0n) is 12.5. The van der Waals surface area contributed by atoms with Gasteiger partial charge < -0.3 is 4.52 Å². The van der Waals surface area contributed by atoms with Gasteiger partial charge in [-0.05, 0) is 40.0 Å². The molecule has 1 saturated carbocycles. The average Bonchev–Trinajstić information content (AvgIpc) is 2.71. The summed E-state index contributed by atoms with van der Waals surface area (Å²) < 4.78 is 32.6. The zero-order valence-corrected chi connectivity index (χ0v) is 13.3. The maximum atomic E-state index is 12.3. The van der Waals surface area contributed by atoms with Crippen molar-refractivity contribution >= 4 is 10.0 Å². The molecule has 1 aliphatic rings. The molecule has 1 aliphatic carbocycles. The molecule has 0 spiro atoms. The van der Waals surface area contributed by atoms with E-state index in [0.717, 1.165) is 49.1 Å². The molecule has 0 radical (unpaired) electrons. The first kappa shape index (κ1) is 15.5. The zero-order chi connectivity index (χ0) is 14.8. The first-order valence-electron chi connectivity index (χ1n) is 7.33. The lowest BCUT2D eigenvalue weighted by Gasteiger charge is -2.24. The summed E-state index contributed by atoms with van der Waals surface area (Å²) in [4.78, 5) is 0. The Morgan fingerprint density at radius 2 is 1.95 bits per heavy atom. The lowest BCUT2D eigenvalue weighted by atomic mass is 10.0. The summed E-state index contributed by atoms with van der Waals surface area (Å²) in [5.74, 6) is 0.770. The molecule has 2 rings (SSSR count). The molecule has 0 amide bonds. The maximum absolute atomic E-state index is 12.3. The molecule has 114 valence electrons. The van der Waals surface area contributed by atoms with Crippen molar-refractivity contribution < 1.29 is 12.9 Å². The van der Waals surface area contributed by atoms with Gasteiger partial charge in [0.2, 0.25) is 10.0 Å². The number of hydrogen-bond donors (Lipinski definition) is 1. The van der Waals surface area contributed by atoms with E-state index in [1.807, 2.05) is 20.8 Å². The predicted octanol–water partition coefficient (Wildman–Crippen LogP) is 2.47. The molecular weight excluding hydrogens is 276 g/mol. The fraction of sp³-hybridized carbons (Fsp3) is 0.786. The molecule has 1 atom stereocenters. The highest BCUT2D eigenvalue weighted by Gasteiger charge is 2.28. The van der Waals surface area contributed by atoms with Crippen LogP contribution < -0.4 is 4.72 Å². The third-order valence-electron chi connectivity index (χ3n) is 4.05. The SMILES string of the molecule is Cc1noc(C)c1CC(C)NS(=O)(=O)C1CCCCC1. The lowest BCUT2D eigenvalue weighted by molar-refractivity contribution is 0.391. The lowest BCUT2D eigenvalue weighted by Crippen LogP contribution is -2.41. The summed E-state index contributed by atoms with van der Waals surface area (Å²) in [6.45, 7) is 5.64. The van der Waals surface area contributed by atoms with Gasteiger partial charge in [0.1, 0.15) is 5.76 Å². The van der Waals surface area contributed by atoms with Crippen molar-refractivity contribution in [2.24, 2.45) is 0 Å². The largest absolute Gasteiger partial charge is 0.361 e. The van der Waals surface area contributed by atoms with Crippen LogP contribution in [-0.2, 0) is 16.4 Å². The van der Waals surface area contributed by atoms with Gasteiger partial charge in [0.15, 0.2) is 0 Å². The van der Waals surface area contributed by atoms with Crippen LogP contribution in [0.3, 0.4) is 0 Å². The molecule has 20 heavy (non-hydrogen) atoms. The van der Waals surface area contributed by atoms with Crippen LogP contribution in [0.15, 0.2) is 4.52 Å². The third-order valence-corrected chi connectivity index (χ3v) is 6.13. The Labute approximate surface area is 121 Å². The molecule has 6 heteroatoms. The second-order valence-electron chi connectivity index (χ2n) is 5.83. The van der Waals surface area contributed by atoms with Gasteiger partial charge in [-0.15, -0.1) is 0 Å².